The van der Waals surface area contributed by atoms with E-state index in [2.05, 4.69) is 5.32 Å². The minimum atomic E-state index is -0.0493. The van der Waals surface area contributed by atoms with Crippen molar-refractivity contribution in [3.8, 4) is 5.69 Å². The first-order valence-corrected chi connectivity index (χ1v) is 8.17. The third kappa shape index (κ3) is 4.95. The Bertz CT molecular complexity index is 555. The molecule has 2 N–H and O–H groups in total. The lowest BCUT2D eigenvalue weighted by Crippen LogP contribution is -2.25. The van der Waals surface area contributed by atoms with Crippen LogP contribution >= 0.6 is 11.8 Å². The highest BCUT2D eigenvalue weighted by atomic mass is 32.2. The van der Waals surface area contributed by atoms with Crippen LogP contribution in [0.1, 0.15) is 16.8 Å². The van der Waals surface area contributed by atoms with Gasteiger partial charge in [-0.15, -0.1) is 0 Å². The Balaban J connectivity index is 1.84. The summed E-state index contributed by atoms with van der Waals surface area (Å²) < 4.78 is 1.97. The smallest absolute Gasteiger partial charge is 0.251 e. The first-order valence-electron chi connectivity index (χ1n) is 7.01. The Labute approximate surface area is 129 Å². The molecule has 0 radical (unpaired) electrons. The first-order chi connectivity index (χ1) is 10.3. The molecular formula is C16H20N2O2S. The number of carbonyl (C=O) groups excluding carboxylic acids is 1. The molecule has 0 saturated heterocycles. The summed E-state index contributed by atoms with van der Waals surface area (Å²) in [6.45, 7) is 0.869. The lowest BCUT2D eigenvalue weighted by Gasteiger charge is -2.08. The minimum Gasteiger partial charge on any atom is -0.396 e. The lowest BCUT2D eigenvalue weighted by molar-refractivity contribution is 0.0956. The van der Waals surface area contributed by atoms with Gasteiger partial charge in [0.25, 0.3) is 5.91 Å². The Kier molecular flexibility index (Phi) is 6.37. The highest BCUT2D eigenvalue weighted by Gasteiger charge is 2.06. The molecule has 0 bridgehead atoms. The van der Waals surface area contributed by atoms with E-state index in [4.69, 9.17) is 5.11 Å². The number of hydrogen-bond donors (Lipinski definition) is 2. The van der Waals surface area contributed by atoms with E-state index in [9.17, 15) is 4.79 Å². The second-order valence-corrected chi connectivity index (χ2v) is 5.81. The molecule has 2 rings (SSSR count). The third-order valence-electron chi connectivity index (χ3n) is 2.99. The van der Waals surface area contributed by atoms with Gasteiger partial charge in [0.05, 0.1) is 0 Å². The summed E-state index contributed by atoms with van der Waals surface area (Å²) in [6.07, 6.45) is 4.71. The number of aromatic nitrogens is 1. The van der Waals surface area contributed by atoms with Gasteiger partial charge in [0.15, 0.2) is 0 Å². The number of benzene rings is 1. The fraction of sp³-hybridized carbons (Fsp3) is 0.312. The molecule has 5 heteroatoms. The molecule has 4 nitrogen and oxygen atoms in total. The minimum absolute atomic E-state index is 0.0493. The Morgan fingerprint density at radius 1 is 1.19 bits per heavy atom. The molecule has 0 atom stereocenters. The zero-order chi connectivity index (χ0) is 14.9. The number of hydrogen-bond acceptors (Lipinski definition) is 3. The van der Waals surface area contributed by atoms with Gasteiger partial charge in [-0.2, -0.15) is 11.8 Å². The largest absolute Gasteiger partial charge is 0.396 e. The number of aliphatic hydroxyl groups is 1. The summed E-state index contributed by atoms with van der Waals surface area (Å²) >= 11 is 1.74. The van der Waals surface area contributed by atoms with Crippen molar-refractivity contribution in [2.45, 2.75) is 6.42 Å². The second kappa shape index (κ2) is 8.54. The van der Waals surface area contributed by atoms with E-state index < -0.39 is 0 Å². The zero-order valence-corrected chi connectivity index (χ0v) is 12.7. The van der Waals surface area contributed by atoms with Crippen LogP contribution in [-0.2, 0) is 0 Å². The van der Waals surface area contributed by atoms with Gasteiger partial charge in [-0.25, -0.2) is 0 Å². The van der Waals surface area contributed by atoms with Crippen molar-refractivity contribution in [2.75, 3.05) is 24.7 Å². The summed E-state index contributed by atoms with van der Waals surface area (Å²) in [7, 11) is 0. The summed E-state index contributed by atoms with van der Waals surface area (Å²) in [5.41, 5.74) is 1.64. The topological polar surface area (TPSA) is 54.3 Å². The predicted molar refractivity (Wildman–Crippen MR) is 87.1 cm³/mol. The van der Waals surface area contributed by atoms with E-state index in [1.807, 2.05) is 53.4 Å². The molecule has 112 valence electrons. The van der Waals surface area contributed by atoms with Crippen molar-refractivity contribution in [1.82, 2.24) is 9.88 Å². The second-order valence-electron chi connectivity index (χ2n) is 4.59. The maximum absolute atomic E-state index is 12.1. The number of thioether (sulfide) groups is 1. The van der Waals surface area contributed by atoms with Gasteiger partial charge in [0, 0.05) is 42.5 Å². The summed E-state index contributed by atoms with van der Waals surface area (Å²) in [6, 6.07) is 11.5. The SMILES string of the molecule is O=C(NCCSCCCO)c1cccc(-n2cccc2)c1. The van der Waals surface area contributed by atoms with Gasteiger partial charge in [0.2, 0.25) is 0 Å². The molecule has 0 spiro atoms. The molecule has 0 unspecified atom stereocenters. The lowest BCUT2D eigenvalue weighted by atomic mass is 10.2. The van der Waals surface area contributed by atoms with E-state index in [0.717, 1.165) is 23.6 Å². The Morgan fingerprint density at radius 3 is 2.76 bits per heavy atom. The van der Waals surface area contributed by atoms with Crippen molar-refractivity contribution in [3.05, 3.63) is 54.4 Å². The van der Waals surface area contributed by atoms with Gasteiger partial charge < -0.3 is 15.0 Å². The number of nitrogens with one attached hydrogen (secondary N) is 1. The molecule has 2 aromatic rings. The maximum Gasteiger partial charge on any atom is 0.251 e. The van der Waals surface area contributed by atoms with Crippen LogP contribution in [0, 0.1) is 0 Å². The number of rotatable bonds is 8. The monoisotopic (exact) mass is 304 g/mol. The van der Waals surface area contributed by atoms with E-state index in [1.54, 1.807) is 11.8 Å². The van der Waals surface area contributed by atoms with Crippen molar-refractivity contribution in [3.63, 3.8) is 0 Å². The first kappa shape index (κ1) is 15.7. The molecule has 0 aliphatic rings. The highest BCUT2D eigenvalue weighted by molar-refractivity contribution is 7.99. The summed E-state index contributed by atoms with van der Waals surface area (Å²) in [4.78, 5) is 12.1. The molecule has 1 heterocycles. The molecule has 0 saturated carbocycles. The van der Waals surface area contributed by atoms with Crippen LogP contribution in [-0.4, -0.2) is 40.2 Å². The van der Waals surface area contributed by atoms with Crippen molar-refractivity contribution < 1.29 is 9.90 Å². The third-order valence-corrected chi connectivity index (χ3v) is 4.06. The van der Waals surface area contributed by atoms with Crippen LogP contribution in [0.2, 0.25) is 0 Å². The average Bonchev–Trinajstić information content (AvgIpc) is 3.05. The standard InChI is InChI=1S/C16H20N2O2S/c19-10-4-11-21-12-7-17-16(20)14-5-3-6-15(13-14)18-8-1-2-9-18/h1-3,5-6,8-9,13,19H,4,7,10-12H2,(H,17,20). The fourth-order valence-corrected chi connectivity index (χ4v) is 2.71. The molecule has 1 amide bonds. The van der Waals surface area contributed by atoms with Gasteiger partial charge in [-0.3, -0.25) is 4.79 Å². The van der Waals surface area contributed by atoms with Gasteiger partial charge >= 0.3 is 0 Å². The highest BCUT2D eigenvalue weighted by Crippen LogP contribution is 2.11. The zero-order valence-electron chi connectivity index (χ0n) is 11.9. The molecular weight excluding hydrogens is 284 g/mol. The van der Waals surface area contributed by atoms with Crippen LogP contribution in [0.15, 0.2) is 48.8 Å². The maximum atomic E-state index is 12.1. The number of amides is 1. The average molecular weight is 304 g/mol. The van der Waals surface area contributed by atoms with Gasteiger partial charge in [-0.05, 0) is 42.5 Å². The fourth-order valence-electron chi connectivity index (χ4n) is 1.92. The van der Waals surface area contributed by atoms with Crippen molar-refractivity contribution >= 4 is 17.7 Å². The number of aliphatic hydroxyl groups excluding tert-OH is 1. The van der Waals surface area contributed by atoms with Gasteiger partial charge in [-0.1, -0.05) is 6.07 Å². The van der Waals surface area contributed by atoms with Crippen LogP contribution in [0.5, 0.6) is 0 Å². The van der Waals surface area contributed by atoms with E-state index in [-0.39, 0.29) is 12.5 Å². The molecule has 0 aliphatic heterocycles. The molecule has 1 aromatic heterocycles. The molecule has 21 heavy (non-hydrogen) atoms. The number of carbonyl (C=O) groups is 1. The summed E-state index contributed by atoms with van der Waals surface area (Å²) in [5, 5.41) is 11.6. The van der Waals surface area contributed by atoms with Crippen LogP contribution in [0.3, 0.4) is 0 Å². The van der Waals surface area contributed by atoms with E-state index in [0.29, 0.717) is 12.1 Å². The van der Waals surface area contributed by atoms with Crippen molar-refractivity contribution in [1.29, 1.82) is 0 Å². The molecule has 1 aromatic carbocycles. The molecule has 0 aliphatic carbocycles. The summed E-state index contributed by atoms with van der Waals surface area (Å²) in [5.74, 6) is 1.74. The predicted octanol–water partition coefficient (Wildman–Crippen LogP) is 2.32. The van der Waals surface area contributed by atoms with Crippen LogP contribution in [0.25, 0.3) is 5.69 Å². The normalized spacial score (nSPS) is 10.5. The van der Waals surface area contributed by atoms with Crippen molar-refractivity contribution in [2.24, 2.45) is 0 Å². The van der Waals surface area contributed by atoms with E-state index >= 15 is 0 Å². The molecule has 0 fully saturated rings. The number of nitrogens with zero attached hydrogens (tertiary/aromatic N) is 1. The Hall–Kier alpha value is -1.72. The van der Waals surface area contributed by atoms with Gasteiger partial charge in [0.1, 0.15) is 0 Å². The van der Waals surface area contributed by atoms with E-state index in [1.165, 1.54) is 0 Å². The quantitative estimate of drug-likeness (QED) is 0.736. The Morgan fingerprint density at radius 2 is 2.00 bits per heavy atom. The van der Waals surface area contributed by atoms with Crippen LogP contribution < -0.4 is 5.32 Å². The van der Waals surface area contributed by atoms with Crippen LogP contribution in [0.4, 0.5) is 0 Å².